The Hall–Kier alpha value is -4.42. The van der Waals surface area contributed by atoms with Crippen LogP contribution in [0.3, 0.4) is 0 Å². The number of nitrogens with zero attached hydrogens (tertiary/aromatic N) is 3. The summed E-state index contributed by atoms with van der Waals surface area (Å²) in [6.45, 7) is 7.22. The first kappa shape index (κ1) is 37.4. The van der Waals surface area contributed by atoms with Crippen molar-refractivity contribution in [1.82, 2.24) is 25.4 Å². The number of aryl methyl sites for hydroxylation is 1. The summed E-state index contributed by atoms with van der Waals surface area (Å²) in [6, 6.07) is 21.4. The van der Waals surface area contributed by atoms with Gasteiger partial charge in [0.2, 0.25) is 0 Å². The minimum absolute atomic E-state index is 0.172. The van der Waals surface area contributed by atoms with E-state index in [1.54, 1.807) is 41.1 Å². The third kappa shape index (κ3) is 11.6. The van der Waals surface area contributed by atoms with Crippen LogP contribution in [0.4, 0.5) is 0 Å². The van der Waals surface area contributed by atoms with Crippen molar-refractivity contribution in [3.8, 4) is 5.75 Å². The molecule has 260 valence electrons. The molecule has 0 saturated carbocycles. The largest absolute Gasteiger partial charge is 0.426 e. The van der Waals surface area contributed by atoms with Crippen LogP contribution >= 0.6 is 11.3 Å². The molecule has 0 radical (unpaired) electrons. The maximum atomic E-state index is 13.6. The van der Waals surface area contributed by atoms with Gasteiger partial charge in [-0.25, -0.2) is 4.98 Å². The van der Waals surface area contributed by atoms with E-state index in [2.05, 4.69) is 35.5 Å². The van der Waals surface area contributed by atoms with Gasteiger partial charge < -0.3 is 25.4 Å². The van der Waals surface area contributed by atoms with Crippen molar-refractivity contribution in [1.29, 1.82) is 0 Å². The van der Waals surface area contributed by atoms with Gasteiger partial charge >= 0.3 is 5.97 Å². The fourth-order valence-electron chi connectivity index (χ4n) is 5.28. The summed E-state index contributed by atoms with van der Waals surface area (Å²) in [4.78, 5) is 46.9. The smallest absolute Gasteiger partial charge is 0.325 e. The second-order valence-corrected chi connectivity index (χ2v) is 13.8. The lowest BCUT2D eigenvalue weighted by Gasteiger charge is -2.25. The Bertz CT molecular complexity index is 1710. The highest BCUT2D eigenvalue weighted by atomic mass is 32.1. The highest BCUT2D eigenvalue weighted by molar-refractivity contribution is 7.09. The molecule has 0 aliphatic carbocycles. The Morgan fingerprint density at radius 1 is 0.939 bits per heavy atom. The first-order valence-electron chi connectivity index (χ1n) is 16.4. The number of amides is 2. The predicted molar refractivity (Wildman–Crippen MR) is 193 cm³/mol. The summed E-state index contributed by atoms with van der Waals surface area (Å²) in [6.07, 6.45) is -0.536. The number of hydrogen-bond acceptors (Lipinski definition) is 9. The normalized spacial score (nSPS) is 12.5. The molecule has 10 nitrogen and oxygen atoms in total. The number of rotatable bonds is 16. The van der Waals surface area contributed by atoms with Crippen LogP contribution in [-0.4, -0.2) is 84.1 Å². The first-order chi connectivity index (χ1) is 23.4. The molecule has 3 N–H and O–H groups in total. The van der Waals surface area contributed by atoms with E-state index in [9.17, 15) is 19.5 Å². The number of aromatic nitrogens is 1. The summed E-state index contributed by atoms with van der Waals surface area (Å²) in [5, 5.41) is 20.5. The summed E-state index contributed by atoms with van der Waals surface area (Å²) >= 11 is 1.50. The molecule has 0 aliphatic rings. The number of carbonyl (C=O) groups is 3. The molecular formula is C38H47N5O5S. The summed E-state index contributed by atoms with van der Waals surface area (Å²) in [5.41, 5.74) is 4.53. The topological polar surface area (TPSA) is 124 Å². The minimum atomic E-state index is -0.937. The van der Waals surface area contributed by atoms with Crippen molar-refractivity contribution in [3.63, 3.8) is 0 Å². The van der Waals surface area contributed by atoms with E-state index >= 15 is 0 Å². The van der Waals surface area contributed by atoms with Gasteiger partial charge in [-0.05, 0) is 80.4 Å². The molecule has 11 heteroatoms. The summed E-state index contributed by atoms with van der Waals surface area (Å²) < 4.78 is 5.61. The number of carbonyl (C=O) groups excluding carboxylic acids is 3. The molecule has 0 saturated heterocycles. The minimum Gasteiger partial charge on any atom is -0.426 e. The Balaban J connectivity index is 1.44. The lowest BCUT2D eigenvalue weighted by Crippen LogP contribution is -2.48. The number of esters is 1. The number of benzene rings is 3. The Morgan fingerprint density at radius 3 is 2.35 bits per heavy atom. The second kappa shape index (κ2) is 17.8. The summed E-state index contributed by atoms with van der Waals surface area (Å²) in [7, 11) is 5.33. The molecule has 2 unspecified atom stereocenters. The van der Waals surface area contributed by atoms with Crippen LogP contribution in [0.5, 0.6) is 5.75 Å². The zero-order valence-corrected chi connectivity index (χ0v) is 29.9. The van der Waals surface area contributed by atoms with Crippen LogP contribution in [-0.2, 0) is 24.3 Å². The molecule has 0 bridgehead atoms. The van der Waals surface area contributed by atoms with Crippen LogP contribution in [0.1, 0.15) is 67.9 Å². The van der Waals surface area contributed by atoms with Crippen LogP contribution in [0.2, 0.25) is 0 Å². The number of nitrogens with one attached hydrogen (secondary N) is 2. The van der Waals surface area contributed by atoms with Crippen molar-refractivity contribution < 1.29 is 24.2 Å². The molecule has 4 rings (SSSR count). The maximum absolute atomic E-state index is 13.6. The Morgan fingerprint density at radius 2 is 1.67 bits per heavy atom. The molecule has 1 heterocycles. The van der Waals surface area contributed by atoms with Gasteiger partial charge in [0.25, 0.3) is 11.8 Å². The fourth-order valence-corrected chi connectivity index (χ4v) is 6.10. The third-order valence-corrected chi connectivity index (χ3v) is 8.80. The van der Waals surface area contributed by atoms with E-state index in [0.717, 1.165) is 27.4 Å². The van der Waals surface area contributed by atoms with Crippen molar-refractivity contribution in [2.24, 2.45) is 0 Å². The van der Waals surface area contributed by atoms with E-state index in [1.807, 2.05) is 68.9 Å². The molecule has 2 amide bonds. The van der Waals surface area contributed by atoms with Crippen molar-refractivity contribution in [3.05, 3.63) is 117 Å². The van der Waals surface area contributed by atoms with Crippen LogP contribution in [0.15, 0.2) is 78.2 Å². The van der Waals surface area contributed by atoms with E-state index in [0.29, 0.717) is 36.4 Å². The number of likely N-dealkylation sites (N-methyl/N-ethyl adjacent to an activating group) is 1. The number of aliphatic hydroxyl groups excluding tert-OH is 1. The van der Waals surface area contributed by atoms with Gasteiger partial charge in [0.05, 0.1) is 25.2 Å². The van der Waals surface area contributed by atoms with Gasteiger partial charge in [0, 0.05) is 42.3 Å². The van der Waals surface area contributed by atoms with Crippen LogP contribution in [0, 0.1) is 6.92 Å². The van der Waals surface area contributed by atoms with E-state index in [-0.39, 0.29) is 36.8 Å². The van der Waals surface area contributed by atoms with Gasteiger partial charge in [-0.2, -0.15) is 0 Å². The zero-order valence-electron chi connectivity index (χ0n) is 29.1. The Kier molecular flexibility index (Phi) is 13.6. The van der Waals surface area contributed by atoms with Crippen molar-refractivity contribution >= 4 is 29.1 Å². The molecule has 0 fully saturated rings. The monoisotopic (exact) mass is 685 g/mol. The number of hydrogen-bond donors (Lipinski definition) is 3. The van der Waals surface area contributed by atoms with E-state index in [1.165, 1.54) is 11.3 Å². The standard InChI is InChI=1S/C38H47N5O5S/c1-25(2)31-15-28(16-32(19-31)48-36(45)23-42(4)5)20-39-21-34(44)33(17-27-11-8-7-9-12-27)41-37(46)29-13-10-14-30(18-29)38(47)43(6)22-35-40-26(3)24-49-35/h7-16,18-19,24-25,33-34,39,44H,17,20-23H2,1-6H3,(H,41,46). The van der Waals surface area contributed by atoms with Crippen LogP contribution < -0.4 is 15.4 Å². The second-order valence-electron chi connectivity index (χ2n) is 12.9. The molecule has 1 aromatic heterocycles. The molecule has 0 aliphatic heterocycles. The maximum Gasteiger partial charge on any atom is 0.325 e. The molecule has 2 atom stereocenters. The molecule has 4 aromatic rings. The average Bonchev–Trinajstić information content (AvgIpc) is 3.47. The first-order valence-corrected chi connectivity index (χ1v) is 17.2. The zero-order chi connectivity index (χ0) is 35.5. The summed E-state index contributed by atoms with van der Waals surface area (Å²) in [5.74, 6) is -0.243. The quantitative estimate of drug-likeness (QED) is 0.114. The number of aliphatic hydroxyl groups is 1. The molecule has 0 spiro atoms. The third-order valence-electron chi connectivity index (χ3n) is 7.85. The van der Waals surface area contributed by atoms with Crippen molar-refractivity contribution in [2.45, 2.75) is 58.3 Å². The van der Waals surface area contributed by atoms with Gasteiger partial charge in [-0.1, -0.05) is 56.3 Å². The average molecular weight is 686 g/mol. The highest BCUT2D eigenvalue weighted by Crippen LogP contribution is 2.24. The molecular weight excluding hydrogens is 639 g/mol. The van der Waals surface area contributed by atoms with Gasteiger partial charge in [-0.3, -0.25) is 19.3 Å². The SMILES string of the molecule is Cc1csc(CN(C)C(=O)c2cccc(C(=O)NC(Cc3ccccc3)C(O)CNCc3cc(OC(=O)CN(C)C)cc(C(C)C)c3)c2)n1. The van der Waals surface area contributed by atoms with Gasteiger partial charge in [0.15, 0.2) is 0 Å². The van der Waals surface area contributed by atoms with Gasteiger partial charge in [-0.15, -0.1) is 11.3 Å². The lowest BCUT2D eigenvalue weighted by molar-refractivity contribution is -0.135. The molecule has 49 heavy (non-hydrogen) atoms. The lowest BCUT2D eigenvalue weighted by atomic mass is 9.99. The van der Waals surface area contributed by atoms with Crippen molar-refractivity contribution in [2.75, 3.05) is 34.2 Å². The predicted octanol–water partition coefficient (Wildman–Crippen LogP) is 4.81. The van der Waals surface area contributed by atoms with Crippen LogP contribution in [0.25, 0.3) is 0 Å². The van der Waals surface area contributed by atoms with Gasteiger partial charge in [0.1, 0.15) is 10.8 Å². The molecule has 3 aromatic carbocycles. The Labute approximate surface area is 293 Å². The number of ether oxygens (including phenoxy) is 1. The van der Waals surface area contributed by atoms with E-state index in [4.69, 9.17) is 4.74 Å². The van der Waals surface area contributed by atoms with E-state index < -0.39 is 12.1 Å². The highest BCUT2D eigenvalue weighted by Gasteiger charge is 2.24. The fraction of sp³-hybridized carbons (Fsp3) is 0.368. The number of thiazole rings is 1.